The molecule has 1 saturated heterocycles. The van der Waals surface area contributed by atoms with Crippen LogP contribution in [0.1, 0.15) is 11.6 Å². The van der Waals surface area contributed by atoms with Gasteiger partial charge in [-0.15, -0.1) is 0 Å². The third-order valence-corrected chi connectivity index (χ3v) is 6.17. The summed E-state index contributed by atoms with van der Waals surface area (Å²) in [5.41, 5.74) is 0.614. The fraction of sp³-hybridized carbons (Fsp3) is 0.235. The van der Waals surface area contributed by atoms with E-state index in [1.165, 1.54) is 29.6 Å². The van der Waals surface area contributed by atoms with Crippen LogP contribution < -0.4 is 10.1 Å². The number of hydrogen-bond donors (Lipinski definition) is 1. The van der Waals surface area contributed by atoms with E-state index >= 15 is 0 Å². The van der Waals surface area contributed by atoms with Crippen molar-refractivity contribution in [2.45, 2.75) is 10.9 Å². The maximum atomic E-state index is 13.1. The highest BCUT2D eigenvalue weighted by atomic mass is 35.5. The Morgan fingerprint density at radius 3 is 2.56 bits per heavy atom. The van der Waals surface area contributed by atoms with Crippen LogP contribution in [-0.4, -0.2) is 38.8 Å². The molecule has 1 heterocycles. The lowest BCUT2D eigenvalue weighted by atomic mass is 10.1. The number of sulfonamides is 1. The summed E-state index contributed by atoms with van der Waals surface area (Å²) < 4.78 is 32.5. The van der Waals surface area contributed by atoms with Crippen LogP contribution in [0.25, 0.3) is 0 Å². The number of piperazine rings is 1. The summed E-state index contributed by atoms with van der Waals surface area (Å²) in [5, 5.41) is 2.92. The molecule has 8 heteroatoms. The molecule has 1 aliphatic heterocycles. The van der Waals surface area contributed by atoms with Crippen LogP contribution >= 0.6 is 11.6 Å². The van der Waals surface area contributed by atoms with Crippen LogP contribution in [0.5, 0.6) is 5.75 Å². The monoisotopic (exact) mass is 380 g/mol. The number of rotatable bonds is 4. The molecule has 1 N–H and O–H groups in total. The molecule has 25 heavy (non-hydrogen) atoms. The molecule has 0 aromatic heterocycles. The number of hydrogen-bond acceptors (Lipinski definition) is 4. The SMILES string of the molecule is COc1ccc(S(=O)(=O)N2CCNC(=O)C2c2ccccc2)cc1Cl. The molecule has 0 spiro atoms. The van der Waals surface area contributed by atoms with Gasteiger partial charge in [-0.05, 0) is 23.8 Å². The van der Waals surface area contributed by atoms with Gasteiger partial charge in [0.05, 0.1) is 17.0 Å². The maximum absolute atomic E-state index is 13.1. The van der Waals surface area contributed by atoms with Gasteiger partial charge in [0, 0.05) is 13.1 Å². The predicted molar refractivity (Wildman–Crippen MR) is 94.1 cm³/mol. The molecule has 1 amide bonds. The number of nitrogens with one attached hydrogen (secondary N) is 1. The highest BCUT2D eigenvalue weighted by Crippen LogP contribution is 2.33. The predicted octanol–water partition coefficient (Wildman–Crippen LogP) is 2.21. The molecule has 0 saturated carbocycles. The Balaban J connectivity index is 2.05. The molecule has 0 bridgehead atoms. The van der Waals surface area contributed by atoms with Crippen molar-refractivity contribution in [3.8, 4) is 5.75 Å². The first kappa shape index (κ1) is 17.7. The maximum Gasteiger partial charge on any atom is 0.244 e. The Morgan fingerprint density at radius 1 is 1.20 bits per heavy atom. The lowest BCUT2D eigenvalue weighted by Gasteiger charge is -2.34. The van der Waals surface area contributed by atoms with Gasteiger partial charge in [0.1, 0.15) is 11.8 Å². The van der Waals surface area contributed by atoms with E-state index in [9.17, 15) is 13.2 Å². The van der Waals surface area contributed by atoms with Crippen LogP contribution in [0.3, 0.4) is 0 Å². The Morgan fingerprint density at radius 2 is 1.92 bits per heavy atom. The lowest BCUT2D eigenvalue weighted by Crippen LogP contribution is -2.52. The van der Waals surface area contributed by atoms with Gasteiger partial charge in [0.15, 0.2) is 0 Å². The van der Waals surface area contributed by atoms with Gasteiger partial charge in [0.2, 0.25) is 15.9 Å². The van der Waals surface area contributed by atoms with E-state index in [0.717, 1.165) is 0 Å². The molecule has 132 valence electrons. The largest absolute Gasteiger partial charge is 0.495 e. The third-order valence-electron chi connectivity index (χ3n) is 4.01. The first-order valence-corrected chi connectivity index (χ1v) is 9.45. The lowest BCUT2D eigenvalue weighted by molar-refractivity contribution is -0.126. The summed E-state index contributed by atoms with van der Waals surface area (Å²) in [6.45, 7) is 0.433. The second kappa shape index (κ2) is 7.03. The fourth-order valence-electron chi connectivity index (χ4n) is 2.80. The number of amides is 1. The molecule has 2 aromatic carbocycles. The van der Waals surface area contributed by atoms with Crippen LogP contribution in [0.2, 0.25) is 5.02 Å². The van der Waals surface area contributed by atoms with Gasteiger partial charge < -0.3 is 10.1 Å². The molecular weight excluding hydrogens is 364 g/mol. The summed E-state index contributed by atoms with van der Waals surface area (Å²) in [6, 6.07) is 12.2. The van der Waals surface area contributed by atoms with E-state index in [2.05, 4.69) is 5.32 Å². The minimum Gasteiger partial charge on any atom is -0.495 e. The third kappa shape index (κ3) is 3.35. The summed E-state index contributed by atoms with van der Waals surface area (Å²) in [6.07, 6.45) is 0. The second-order valence-electron chi connectivity index (χ2n) is 5.52. The van der Waals surface area contributed by atoms with Crippen molar-refractivity contribution in [2.24, 2.45) is 0 Å². The Kier molecular flexibility index (Phi) is 4.99. The average Bonchev–Trinajstić information content (AvgIpc) is 2.62. The first-order valence-electron chi connectivity index (χ1n) is 7.63. The molecule has 1 fully saturated rings. The Bertz CT molecular complexity index is 887. The van der Waals surface area contributed by atoms with Crippen LogP contribution in [0.4, 0.5) is 0 Å². The van der Waals surface area contributed by atoms with Crippen LogP contribution in [0.15, 0.2) is 53.4 Å². The first-order chi connectivity index (χ1) is 11.9. The van der Waals surface area contributed by atoms with Crippen molar-refractivity contribution in [2.75, 3.05) is 20.2 Å². The second-order valence-corrected chi connectivity index (χ2v) is 7.81. The number of ether oxygens (including phenoxy) is 1. The van der Waals surface area contributed by atoms with Gasteiger partial charge in [0.25, 0.3) is 0 Å². The molecule has 2 aromatic rings. The van der Waals surface area contributed by atoms with E-state index in [1.807, 2.05) is 6.07 Å². The summed E-state index contributed by atoms with van der Waals surface area (Å²) in [5.74, 6) is 0.0391. The van der Waals surface area contributed by atoms with Crippen LogP contribution in [-0.2, 0) is 14.8 Å². The molecule has 0 radical (unpaired) electrons. The molecule has 6 nitrogen and oxygen atoms in total. The number of nitrogens with zero attached hydrogens (tertiary/aromatic N) is 1. The van der Waals surface area contributed by atoms with E-state index in [4.69, 9.17) is 16.3 Å². The minimum absolute atomic E-state index is 0.0222. The highest BCUT2D eigenvalue weighted by molar-refractivity contribution is 7.89. The smallest absolute Gasteiger partial charge is 0.244 e. The molecule has 1 atom stereocenters. The molecule has 3 rings (SSSR count). The number of methoxy groups -OCH3 is 1. The quantitative estimate of drug-likeness (QED) is 0.882. The van der Waals surface area contributed by atoms with Gasteiger partial charge in [-0.25, -0.2) is 8.42 Å². The standard InChI is InChI=1S/C17H17ClN2O4S/c1-24-15-8-7-13(11-14(15)18)25(22,23)20-10-9-19-17(21)16(20)12-5-3-2-4-6-12/h2-8,11,16H,9-10H2,1H3,(H,19,21). The molecule has 0 aliphatic carbocycles. The Hall–Kier alpha value is -2.09. The van der Waals surface area contributed by atoms with Crippen molar-refractivity contribution in [1.29, 1.82) is 0 Å². The van der Waals surface area contributed by atoms with E-state index < -0.39 is 16.1 Å². The Labute approximate surface area is 151 Å². The molecular formula is C17H17ClN2O4S. The zero-order valence-corrected chi connectivity index (χ0v) is 15.0. The van der Waals surface area contributed by atoms with Crippen molar-refractivity contribution in [3.05, 3.63) is 59.1 Å². The van der Waals surface area contributed by atoms with Gasteiger partial charge in [-0.1, -0.05) is 41.9 Å². The average molecular weight is 381 g/mol. The van der Waals surface area contributed by atoms with E-state index in [1.54, 1.807) is 24.3 Å². The van der Waals surface area contributed by atoms with Crippen molar-refractivity contribution in [1.82, 2.24) is 9.62 Å². The number of carbonyl (C=O) groups excluding carboxylic acids is 1. The van der Waals surface area contributed by atoms with Crippen LogP contribution in [0, 0.1) is 0 Å². The van der Waals surface area contributed by atoms with E-state index in [0.29, 0.717) is 11.3 Å². The fourth-order valence-corrected chi connectivity index (χ4v) is 4.73. The van der Waals surface area contributed by atoms with Gasteiger partial charge in [-0.2, -0.15) is 4.31 Å². The highest BCUT2D eigenvalue weighted by Gasteiger charge is 2.39. The van der Waals surface area contributed by atoms with Crippen molar-refractivity contribution < 1.29 is 17.9 Å². The van der Waals surface area contributed by atoms with Crippen molar-refractivity contribution in [3.63, 3.8) is 0 Å². The summed E-state index contributed by atoms with van der Waals surface area (Å²) in [7, 11) is -2.45. The summed E-state index contributed by atoms with van der Waals surface area (Å²) >= 11 is 6.07. The molecule has 1 unspecified atom stereocenters. The van der Waals surface area contributed by atoms with Gasteiger partial charge >= 0.3 is 0 Å². The summed E-state index contributed by atoms with van der Waals surface area (Å²) in [4.78, 5) is 12.4. The topological polar surface area (TPSA) is 75.7 Å². The minimum atomic E-state index is -3.91. The van der Waals surface area contributed by atoms with E-state index in [-0.39, 0.29) is 28.9 Å². The zero-order valence-electron chi connectivity index (χ0n) is 13.5. The normalized spacial score (nSPS) is 18.6. The number of halogens is 1. The zero-order chi connectivity index (χ0) is 18.0. The molecule has 1 aliphatic rings. The van der Waals surface area contributed by atoms with Crippen molar-refractivity contribution >= 4 is 27.5 Å². The van der Waals surface area contributed by atoms with Gasteiger partial charge in [-0.3, -0.25) is 4.79 Å². The number of carbonyl (C=O) groups is 1. The number of benzene rings is 2.